The van der Waals surface area contributed by atoms with E-state index in [2.05, 4.69) is 10.5 Å². The molecule has 0 saturated heterocycles. The van der Waals surface area contributed by atoms with Crippen molar-refractivity contribution in [2.75, 3.05) is 19.1 Å². The first-order valence-electron chi connectivity index (χ1n) is 5.33. The zero-order valence-electron chi connectivity index (χ0n) is 10.4. The summed E-state index contributed by atoms with van der Waals surface area (Å²) in [5.74, 6) is 0.379. The van der Waals surface area contributed by atoms with Crippen molar-refractivity contribution >= 4 is 11.4 Å². The predicted octanol–water partition coefficient (Wildman–Crippen LogP) is 2.15. The van der Waals surface area contributed by atoms with Crippen LogP contribution in [0.5, 0.6) is 11.5 Å². The minimum absolute atomic E-state index is 0.100. The van der Waals surface area contributed by atoms with Gasteiger partial charge in [-0.15, -0.1) is 0 Å². The average Bonchev–Trinajstić information content (AvgIpc) is 2.46. The van der Waals surface area contributed by atoms with Crippen LogP contribution in [0.15, 0.2) is 23.3 Å². The molecule has 0 atom stereocenters. The first-order chi connectivity index (χ1) is 9.60. The molecule has 8 heteroatoms. The number of benzene rings is 1. The highest BCUT2D eigenvalue weighted by molar-refractivity contribution is 6.10. The molecule has 0 aromatic heterocycles. The van der Waals surface area contributed by atoms with E-state index in [0.29, 0.717) is 5.69 Å². The van der Waals surface area contributed by atoms with Gasteiger partial charge in [-0.2, -0.15) is 15.6 Å². The molecule has 0 spiro atoms. The van der Waals surface area contributed by atoms with Crippen molar-refractivity contribution in [3.8, 4) is 23.6 Å². The van der Waals surface area contributed by atoms with Gasteiger partial charge in [-0.25, -0.2) is 8.78 Å². The second-order valence-electron chi connectivity index (χ2n) is 3.36. The van der Waals surface area contributed by atoms with E-state index in [1.165, 1.54) is 25.3 Å². The zero-order valence-corrected chi connectivity index (χ0v) is 10.4. The molecule has 0 saturated carbocycles. The molecule has 0 unspecified atom stereocenters. The fraction of sp³-hybridized carbons (Fsp3) is 0.250. The SMILES string of the molecule is COc1ccc(NN=C(C#N)C#N)cc1OCC(F)F. The highest BCUT2D eigenvalue weighted by atomic mass is 19.3. The second kappa shape index (κ2) is 7.54. The van der Waals surface area contributed by atoms with Gasteiger partial charge in [0.15, 0.2) is 11.5 Å². The van der Waals surface area contributed by atoms with E-state index < -0.39 is 13.0 Å². The molecule has 0 aliphatic carbocycles. The Kier molecular flexibility index (Phi) is 5.73. The second-order valence-corrected chi connectivity index (χ2v) is 3.36. The highest BCUT2D eigenvalue weighted by Crippen LogP contribution is 2.30. The van der Waals surface area contributed by atoms with E-state index in [0.717, 1.165) is 0 Å². The van der Waals surface area contributed by atoms with Crippen LogP contribution in [-0.2, 0) is 0 Å². The van der Waals surface area contributed by atoms with Crippen molar-refractivity contribution < 1.29 is 18.3 Å². The summed E-state index contributed by atoms with van der Waals surface area (Å²) in [6.45, 7) is -0.773. The van der Waals surface area contributed by atoms with Gasteiger partial charge in [0.2, 0.25) is 5.71 Å². The third kappa shape index (κ3) is 4.42. The van der Waals surface area contributed by atoms with Crippen LogP contribution in [0, 0.1) is 22.7 Å². The molecule has 0 aliphatic heterocycles. The van der Waals surface area contributed by atoms with Gasteiger partial charge in [0, 0.05) is 6.07 Å². The summed E-state index contributed by atoms with van der Waals surface area (Å²) in [4.78, 5) is 0. The van der Waals surface area contributed by atoms with Gasteiger partial charge >= 0.3 is 0 Å². The van der Waals surface area contributed by atoms with Gasteiger partial charge < -0.3 is 9.47 Å². The Morgan fingerprint density at radius 2 is 2.05 bits per heavy atom. The number of hydrogen-bond acceptors (Lipinski definition) is 6. The molecule has 0 amide bonds. The molecule has 1 N–H and O–H groups in total. The molecule has 104 valence electrons. The fourth-order valence-electron chi connectivity index (χ4n) is 1.21. The van der Waals surface area contributed by atoms with E-state index >= 15 is 0 Å². The van der Waals surface area contributed by atoms with Crippen LogP contribution >= 0.6 is 0 Å². The van der Waals surface area contributed by atoms with E-state index in [1.807, 2.05) is 0 Å². The summed E-state index contributed by atoms with van der Waals surface area (Å²) in [7, 11) is 1.37. The first-order valence-corrected chi connectivity index (χ1v) is 5.33. The minimum atomic E-state index is -2.61. The number of ether oxygens (including phenoxy) is 2. The number of hydrazone groups is 1. The van der Waals surface area contributed by atoms with Gasteiger partial charge in [0.1, 0.15) is 18.7 Å². The predicted molar refractivity (Wildman–Crippen MR) is 66.8 cm³/mol. The number of nitrogens with one attached hydrogen (secondary N) is 1. The number of alkyl halides is 2. The maximum absolute atomic E-state index is 12.1. The first kappa shape index (κ1) is 15.2. The van der Waals surface area contributed by atoms with Gasteiger partial charge in [-0.3, -0.25) is 5.43 Å². The third-order valence-corrected chi connectivity index (χ3v) is 2.04. The van der Waals surface area contributed by atoms with Crippen LogP contribution in [0.25, 0.3) is 0 Å². The number of hydrogen-bond donors (Lipinski definition) is 1. The maximum atomic E-state index is 12.1. The third-order valence-electron chi connectivity index (χ3n) is 2.04. The molecular formula is C12H10F2N4O2. The van der Waals surface area contributed by atoms with Crippen molar-refractivity contribution in [3.63, 3.8) is 0 Å². The zero-order chi connectivity index (χ0) is 15.0. The smallest absolute Gasteiger partial charge is 0.272 e. The Morgan fingerprint density at radius 1 is 1.35 bits per heavy atom. The number of nitrogens with zero attached hydrogens (tertiary/aromatic N) is 3. The van der Waals surface area contributed by atoms with Crippen LogP contribution in [-0.4, -0.2) is 25.9 Å². The quantitative estimate of drug-likeness (QED) is 0.637. The largest absolute Gasteiger partial charge is 0.493 e. The van der Waals surface area contributed by atoms with Crippen molar-refractivity contribution in [2.45, 2.75) is 6.43 Å². The molecule has 0 fully saturated rings. The molecule has 0 heterocycles. The molecule has 1 aromatic carbocycles. The van der Waals surface area contributed by atoms with Crippen molar-refractivity contribution in [2.24, 2.45) is 5.10 Å². The van der Waals surface area contributed by atoms with Crippen LogP contribution in [0.3, 0.4) is 0 Å². The van der Waals surface area contributed by atoms with Crippen LogP contribution < -0.4 is 14.9 Å². The summed E-state index contributed by atoms with van der Waals surface area (Å²) in [6.07, 6.45) is -2.61. The minimum Gasteiger partial charge on any atom is -0.493 e. The van der Waals surface area contributed by atoms with Crippen LogP contribution in [0.4, 0.5) is 14.5 Å². The lowest BCUT2D eigenvalue weighted by Crippen LogP contribution is -2.08. The lowest BCUT2D eigenvalue weighted by Gasteiger charge is -2.11. The number of rotatable bonds is 6. The van der Waals surface area contributed by atoms with Gasteiger partial charge in [0.25, 0.3) is 6.43 Å². The Hall–Kier alpha value is -2.87. The molecule has 0 radical (unpaired) electrons. The topological polar surface area (TPSA) is 90.4 Å². The number of anilines is 1. The molecule has 1 rings (SSSR count). The molecular weight excluding hydrogens is 270 g/mol. The molecule has 6 nitrogen and oxygen atoms in total. The lowest BCUT2D eigenvalue weighted by atomic mass is 10.3. The van der Waals surface area contributed by atoms with Gasteiger partial charge in [-0.05, 0) is 12.1 Å². The molecule has 0 bridgehead atoms. The fourth-order valence-corrected chi connectivity index (χ4v) is 1.21. The standard InChI is InChI=1S/C12H10F2N4O2/c1-19-10-3-2-8(17-18-9(5-15)6-16)4-11(10)20-7-12(13)14/h2-4,12,17H,7H2,1H3. The van der Waals surface area contributed by atoms with E-state index in [9.17, 15) is 8.78 Å². The van der Waals surface area contributed by atoms with Crippen molar-refractivity contribution in [1.29, 1.82) is 10.5 Å². The summed E-state index contributed by atoms with van der Waals surface area (Å²) in [6, 6.07) is 7.53. The monoisotopic (exact) mass is 280 g/mol. The van der Waals surface area contributed by atoms with Crippen LogP contribution in [0.2, 0.25) is 0 Å². The van der Waals surface area contributed by atoms with E-state index in [1.54, 1.807) is 12.1 Å². The highest BCUT2D eigenvalue weighted by Gasteiger charge is 2.09. The Balaban J connectivity index is 2.90. The maximum Gasteiger partial charge on any atom is 0.272 e. The van der Waals surface area contributed by atoms with Crippen molar-refractivity contribution in [1.82, 2.24) is 0 Å². The summed E-state index contributed by atoms with van der Waals surface area (Å²) in [5.41, 5.74) is 2.44. The lowest BCUT2D eigenvalue weighted by molar-refractivity contribution is 0.0805. The summed E-state index contributed by atoms with van der Waals surface area (Å²) >= 11 is 0. The molecule has 0 aliphatic rings. The van der Waals surface area contributed by atoms with Gasteiger partial charge in [0.05, 0.1) is 12.8 Å². The summed E-state index contributed by atoms with van der Waals surface area (Å²) in [5, 5.41) is 20.6. The number of methoxy groups -OCH3 is 1. The molecule has 1 aromatic rings. The summed E-state index contributed by atoms with van der Waals surface area (Å²) < 4.78 is 34.1. The Bertz CT molecular complexity index is 560. The van der Waals surface area contributed by atoms with Crippen LogP contribution in [0.1, 0.15) is 0 Å². The normalized spacial score (nSPS) is 9.30. The van der Waals surface area contributed by atoms with E-state index in [-0.39, 0.29) is 17.2 Å². The average molecular weight is 280 g/mol. The number of nitriles is 2. The van der Waals surface area contributed by atoms with Gasteiger partial charge in [-0.1, -0.05) is 0 Å². The van der Waals surface area contributed by atoms with E-state index in [4.69, 9.17) is 20.0 Å². The Labute approximate surface area is 113 Å². The van der Waals surface area contributed by atoms with Crippen molar-refractivity contribution in [3.05, 3.63) is 18.2 Å². The molecule has 20 heavy (non-hydrogen) atoms. The Morgan fingerprint density at radius 3 is 2.60 bits per heavy atom. The number of halogens is 2.